The number of ether oxygens (including phenoxy) is 1. The first-order valence-corrected chi connectivity index (χ1v) is 7.16. The summed E-state index contributed by atoms with van der Waals surface area (Å²) in [6, 6.07) is 5.53. The highest BCUT2D eigenvalue weighted by atomic mass is 16.6. The number of nitrogens with zero attached hydrogens (tertiary/aromatic N) is 1. The molecule has 0 bridgehead atoms. The molecule has 2 N–H and O–H groups in total. The number of carboxylic acid groups (broad SMARTS) is 1. The van der Waals surface area contributed by atoms with Crippen LogP contribution in [0.3, 0.4) is 0 Å². The van der Waals surface area contributed by atoms with Crippen LogP contribution in [0.2, 0.25) is 0 Å². The van der Waals surface area contributed by atoms with Gasteiger partial charge in [0, 0.05) is 24.5 Å². The molecule has 1 aliphatic rings. The molecule has 0 radical (unpaired) electrons. The smallest absolute Gasteiger partial charge is 0.336 e. The summed E-state index contributed by atoms with van der Waals surface area (Å²) in [7, 11) is 0. The van der Waals surface area contributed by atoms with Crippen LogP contribution in [0.1, 0.15) is 25.3 Å². The van der Waals surface area contributed by atoms with Gasteiger partial charge in [0.05, 0.1) is 28.1 Å². The zero-order valence-electron chi connectivity index (χ0n) is 13.1. The molecule has 0 saturated heterocycles. The van der Waals surface area contributed by atoms with Crippen LogP contribution in [-0.2, 0) is 14.3 Å². The van der Waals surface area contributed by atoms with Gasteiger partial charge in [0.25, 0.3) is 5.69 Å². The molecular formula is C16H16N2O6. The zero-order chi connectivity index (χ0) is 17.9. The van der Waals surface area contributed by atoms with Crippen molar-refractivity contribution in [2.75, 3.05) is 0 Å². The summed E-state index contributed by atoms with van der Waals surface area (Å²) in [5.41, 5.74) is 0.108. The zero-order valence-corrected chi connectivity index (χ0v) is 13.1. The highest BCUT2D eigenvalue weighted by Crippen LogP contribution is 2.35. The molecule has 8 nitrogen and oxygen atoms in total. The second-order valence-corrected chi connectivity index (χ2v) is 5.41. The Morgan fingerprint density at radius 1 is 1.29 bits per heavy atom. The van der Waals surface area contributed by atoms with Crippen LogP contribution < -0.4 is 5.32 Å². The number of hydrogen-bond donors (Lipinski definition) is 2. The van der Waals surface area contributed by atoms with Crippen LogP contribution in [0.15, 0.2) is 47.8 Å². The quantitative estimate of drug-likeness (QED) is 0.481. The lowest BCUT2D eigenvalue weighted by atomic mass is 9.83. The van der Waals surface area contributed by atoms with Gasteiger partial charge in [-0.05, 0) is 19.4 Å². The number of non-ortho nitro benzene ring substituents is 1. The van der Waals surface area contributed by atoms with Gasteiger partial charge in [-0.25, -0.2) is 9.59 Å². The summed E-state index contributed by atoms with van der Waals surface area (Å²) in [5, 5.41) is 23.0. The molecular weight excluding hydrogens is 316 g/mol. The van der Waals surface area contributed by atoms with Gasteiger partial charge in [0.1, 0.15) is 0 Å². The van der Waals surface area contributed by atoms with E-state index in [1.54, 1.807) is 13.8 Å². The third-order valence-electron chi connectivity index (χ3n) is 3.34. The number of nitrogens with one attached hydrogen (secondary N) is 1. The Bertz CT molecular complexity index is 751. The highest BCUT2D eigenvalue weighted by molar-refractivity contribution is 5.98. The number of nitro benzene ring substituents is 1. The topological polar surface area (TPSA) is 119 Å². The number of hydrogen-bond acceptors (Lipinski definition) is 6. The van der Waals surface area contributed by atoms with Crippen molar-refractivity contribution in [1.82, 2.24) is 5.32 Å². The van der Waals surface area contributed by atoms with Gasteiger partial charge in [-0.2, -0.15) is 0 Å². The maximum Gasteiger partial charge on any atom is 0.336 e. The Labute approximate surface area is 137 Å². The maximum atomic E-state index is 12.3. The summed E-state index contributed by atoms with van der Waals surface area (Å²) in [4.78, 5) is 34.2. The summed E-state index contributed by atoms with van der Waals surface area (Å²) < 4.78 is 5.15. The van der Waals surface area contributed by atoms with Crippen molar-refractivity contribution in [1.29, 1.82) is 0 Å². The lowest BCUT2D eigenvalue weighted by Crippen LogP contribution is -2.27. The van der Waals surface area contributed by atoms with Gasteiger partial charge in [0.2, 0.25) is 0 Å². The van der Waals surface area contributed by atoms with E-state index in [4.69, 9.17) is 4.74 Å². The van der Waals surface area contributed by atoms with Crippen molar-refractivity contribution in [3.8, 4) is 0 Å². The molecule has 0 saturated carbocycles. The van der Waals surface area contributed by atoms with Crippen molar-refractivity contribution < 1.29 is 24.4 Å². The number of carboxylic acids is 1. The molecule has 1 unspecified atom stereocenters. The van der Waals surface area contributed by atoms with Gasteiger partial charge in [-0.15, -0.1) is 0 Å². The summed E-state index contributed by atoms with van der Waals surface area (Å²) in [6.07, 6.45) is 2.21. The first-order chi connectivity index (χ1) is 11.3. The molecule has 1 aliphatic heterocycles. The Morgan fingerprint density at radius 2 is 1.96 bits per heavy atom. The van der Waals surface area contributed by atoms with E-state index < -0.39 is 22.8 Å². The standard InChI is InChI=1S/C16H16N2O6/c1-9(2)24-16(21)13-8-17-7-12(15(19)20)14(13)10-4-3-5-11(6-10)18(22)23/h3-9,14,17H,1-2H3,(H,19,20). The van der Waals surface area contributed by atoms with Crippen LogP contribution in [-0.4, -0.2) is 28.1 Å². The fourth-order valence-corrected chi connectivity index (χ4v) is 2.38. The summed E-state index contributed by atoms with van der Waals surface area (Å²) in [6.45, 7) is 3.34. The third kappa shape index (κ3) is 3.60. The van der Waals surface area contributed by atoms with Crippen LogP contribution >= 0.6 is 0 Å². The molecule has 8 heteroatoms. The largest absolute Gasteiger partial charge is 0.478 e. The molecule has 0 aliphatic carbocycles. The molecule has 2 rings (SSSR count). The molecule has 1 atom stereocenters. The average Bonchev–Trinajstić information content (AvgIpc) is 2.53. The molecule has 0 spiro atoms. The fourth-order valence-electron chi connectivity index (χ4n) is 2.38. The van der Waals surface area contributed by atoms with Gasteiger partial charge in [0.15, 0.2) is 0 Å². The molecule has 1 aromatic rings. The molecule has 24 heavy (non-hydrogen) atoms. The van der Waals surface area contributed by atoms with Crippen LogP contribution in [0, 0.1) is 10.1 Å². The van der Waals surface area contributed by atoms with Gasteiger partial charge >= 0.3 is 11.9 Å². The number of nitro groups is 1. The molecule has 1 aromatic carbocycles. The predicted molar refractivity (Wildman–Crippen MR) is 84.0 cm³/mol. The SMILES string of the molecule is CC(C)OC(=O)C1=CNC=C(C(=O)O)C1c1cccc([N+](=O)[O-])c1. The average molecular weight is 332 g/mol. The third-order valence-corrected chi connectivity index (χ3v) is 3.34. The molecule has 0 fully saturated rings. The van der Waals surface area contributed by atoms with Crippen molar-refractivity contribution in [3.05, 3.63) is 63.5 Å². The summed E-state index contributed by atoms with van der Waals surface area (Å²) in [5.74, 6) is -2.88. The van der Waals surface area contributed by atoms with E-state index in [1.165, 1.54) is 36.7 Å². The minimum absolute atomic E-state index is 0.0732. The van der Waals surface area contributed by atoms with E-state index in [0.717, 1.165) is 0 Å². The Kier molecular flexibility index (Phi) is 4.98. The first kappa shape index (κ1) is 17.2. The maximum absolute atomic E-state index is 12.3. The molecule has 1 heterocycles. The van der Waals surface area contributed by atoms with E-state index in [1.807, 2.05) is 0 Å². The van der Waals surface area contributed by atoms with Crippen LogP contribution in [0.4, 0.5) is 5.69 Å². The van der Waals surface area contributed by atoms with E-state index in [-0.39, 0.29) is 22.9 Å². The number of carbonyl (C=O) groups is 2. The van der Waals surface area contributed by atoms with Gasteiger partial charge < -0.3 is 15.2 Å². The molecule has 0 amide bonds. The Balaban J connectivity index is 2.50. The predicted octanol–water partition coefficient (Wildman–Crippen LogP) is 2.09. The first-order valence-electron chi connectivity index (χ1n) is 7.16. The minimum Gasteiger partial charge on any atom is -0.478 e. The Hall–Kier alpha value is -3.16. The number of aliphatic carboxylic acids is 1. The van der Waals surface area contributed by atoms with E-state index >= 15 is 0 Å². The minimum atomic E-state index is -1.23. The number of benzene rings is 1. The second-order valence-electron chi connectivity index (χ2n) is 5.41. The van der Waals surface area contributed by atoms with E-state index in [2.05, 4.69) is 5.32 Å². The lowest BCUT2D eigenvalue weighted by molar-refractivity contribution is -0.384. The number of carbonyl (C=O) groups excluding carboxylic acids is 1. The fraction of sp³-hybridized carbons (Fsp3) is 0.250. The monoisotopic (exact) mass is 332 g/mol. The van der Waals surface area contributed by atoms with Crippen molar-refractivity contribution in [3.63, 3.8) is 0 Å². The van der Waals surface area contributed by atoms with Crippen LogP contribution in [0.5, 0.6) is 0 Å². The van der Waals surface area contributed by atoms with Crippen LogP contribution in [0.25, 0.3) is 0 Å². The molecule has 0 aromatic heterocycles. The second kappa shape index (κ2) is 6.95. The van der Waals surface area contributed by atoms with Gasteiger partial charge in [-0.3, -0.25) is 10.1 Å². The van der Waals surface area contributed by atoms with E-state index in [9.17, 15) is 24.8 Å². The molecule has 126 valence electrons. The van der Waals surface area contributed by atoms with Crippen molar-refractivity contribution in [2.45, 2.75) is 25.9 Å². The lowest BCUT2D eigenvalue weighted by Gasteiger charge is -2.24. The normalized spacial score (nSPS) is 16.7. The number of esters is 1. The van der Waals surface area contributed by atoms with Crippen molar-refractivity contribution in [2.24, 2.45) is 0 Å². The van der Waals surface area contributed by atoms with Crippen molar-refractivity contribution >= 4 is 17.6 Å². The highest BCUT2D eigenvalue weighted by Gasteiger charge is 2.34. The number of rotatable bonds is 5. The number of dihydropyridines is 1. The Morgan fingerprint density at radius 3 is 2.54 bits per heavy atom. The van der Waals surface area contributed by atoms with Gasteiger partial charge in [-0.1, -0.05) is 12.1 Å². The summed E-state index contributed by atoms with van der Waals surface area (Å²) >= 11 is 0. The van der Waals surface area contributed by atoms with E-state index in [0.29, 0.717) is 5.56 Å².